The molecule has 1 aliphatic rings. The van der Waals surface area contributed by atoms with Gasteiger partial charge in [0.25, 0.3) is 0 Å². The monoisotopic (exact) mass is 366 g/mol. The minimum atomic E-state index is -0.442. The van der Waals surface area contributed by atoms with E-state index in [0.717, 1.165) is 31.2 Å². The van der Waals surface area contributed by atoms with Crippen LogP contribution < -0.4 is 5.32 Å². The van der Waals surface area contributed by atoms with Gasteiger partial charge in [-0.25, -0.2) is 4.79 Å². The van der Waals surface area contributed by atoms with Gasteiger partial charge in [-0.1, -0.05) is 43.2 Å². The summed E-state index contributed by atoms with van der Waals surface area (Å²) in [6.45, 7) is 4.19. The van der Waals surface area contributed by atoms with Gasteiger partial charge in [0.15, 0.2) is 0 Å². The molecule has 1 fully saturated rings. The van der Waals surface area contributed by atoms with E-state index in [0.29, 0.717) is 0 Å². The molecule has 138 valence electrons. The number of nitrogens with one attached hydrogen (secondary N) is 1. The van der Waals surface area contributed by atoms with Crippen LogP contribution in [-0.4, -0.2) is 40.9 Å². The molecule has 2 rings (SSSR count). The molecule has 0 bridgehead atoms. The third-order valence-electron chi connectivity index (χ3n) is 4.56. The summed E-state index contributed by atoms with van der Waals surface area (Å²) in [5.41, 5.74) is 0.943. The highest BCUT2D eigenvalue weighted by atomic mass is 35.5. The SMILES string of the molecule is CC(C)N(C(=O)CCl)[C@@H]1CCCC[C@@H]1NC(=O)OCc1ccccc1. The number of amides is 2. The van der Waals surface area contributed by atoms with Gasteiger partial charge in [0.2, 0.25) is 5.91 Å². The number of alkyl carbamates (subject to hydrolysis) is 1. The Bertz CT molecular complexity index is 565. The Balaban J connectivity index is 1.97. The van der Waals surface area contributed by atoms with E-state index in [4.69, 9.17) is 16.3 Å². The lowest BCUT2D eigenvalue weighted by molar-refractivity contribution is -0.134. The van der Waals surface area contributed by atoms with E-state index in [1.807, 2.05) is 49.1 Å². The van der Waals surface area contributed by atoms with Crippen LogP contribution in [-0.2, 0) is 16.1 Å². The van der Waals surface area contributed by atoms with Crippen molar-refractivity contribution in [2.45, 2.75) is 64.3 Å². The number of rotatable bonds is 6. The minimum absolute atomic E-state index is 0.0377. The van der Waals surface area contributed by atoms with E-state index in [9.17, 15) is 9.59 Å². The lowest BCUT2D eigenvalue weighted by Gasteiger charge is -2.42. The van der Waals surface area contributed by atoms with Gasteiger partial charge in [0.1, 0.15) is 12.5 Å². The van der Waals surface area contributed by atoms with Gasteiger partial charge >= 0.3 is 6.09 Å². The van der Waals surface area contributed by atoms with E-state index in [2.05, 4.69) is 5.32 Å². The normalized spacial score (nSPS) is 20.2. The number of benzene rings is 1. The summed E-state index contributed by atoms with van der Waals surface area (Å²) in [7, 11) is 0. The minimum Gasteiger partial charge on any atom is -0.445 e. The van der Waals surface area contributed by atoms with E-state index < -0.39 is 6.09 Å². The number of nitrogens with zero attached hydrogens (tertiary/aromatic N) is 1. The van der Waals surface area contributed by atoms with Gasteiger partial charge in [-0.05, 0) is 32.3 Å². The van der Waals surface area contributed by atoms with Crippen molar-refractivity contribution in [1.82, 2.24) is 10.2 Å². The first kappa shape index (κ1) is 19.6. The van der Waals surface area contributed by atoms with Crippen LogP contribution in [0.4, 0.5) is 4.79 Å². The number of hydrogen-bond donors (Lipinski definition) is 1. The third-order valence-corrected chi connectivity index (χ3v) is 4.79. The van der Waals surface area contributed by atoms with Crippen LogP contribution in [0.5, 0.6) is 0 Å². The molecule has 1 N–H and O–H groups in total. The highest BCUT2D eigenvalue weighted by Gasteiger charge is 2.35. The summed E-state index contributed by atoms with van der Waals surface area (Å²) in [5, 5.41) is 2.96. The van der Waals surface area contributed by atoms with Crippen molar-refractivity contribution in [3.05, 3.63) is 35.9 Å². The fourth-order valence-corrected chi connectivity index (χ4v) is 3.59. The molecule has 1 aliphatic carbocycles. The zero-order valence-electron chi connectivity index (χ0n) is 14.9. The second-order valence-corrected chi connectivity index (χ2v) is 6.96. The number of alkyl halides is 1. The maximum atomic E-state index is 12.2. The Labute approximate surface area is 154 Å². The molecule has 0 radical (unpaired) electrons. The summed E-state index contributed by atoms with van der Waals surface area (Å²) >= 11 is 5.78. The van der Waals surface area contributed by atoms with Crippen molar-refractivity contribution in [1.29, 1.82) is 0 Å². The molecular weight excluding hydrogens is 340 g/mol. The molecule has 1 aromatic carbocycles. The van der Waals surface area contributed by atoms with E-state index in [-0.39, 0.29) is 36.5 Å². The average molecular weight is 367 g/mol. The van der Waals surface area contributed by atoms with Gasteiger partial charge in [-0.2, -0.15) is 0 Å². The predicted molar refractivity (Wildman–Crippen MR) is 98.5 cm³/mol. The molecule has 0 unspecified atom stereocenters. The molecule has 0 spiro atoms. The molecule has 25 heavy (non-hydrogen) atoms. The Morgan fingerprint density at radius 3 is 2.56 bits per heavy atom. The van der Waals surface area contributed by atoms with Crippen LogP contribution in [0.1, 0.15) is 45.1 Å². The number of ether oxygens (including phenoxy) is 1. The maximum absolute atomic E-state index is 12.2. The quantitative estimate of drug-likeness (QED) is 0.781. The highest BCUT2D eigenvalue weighted by molar-refractivity contribution is 6.27. The van der Waals surface area contributed by atoms with Gasteiger partial charge in [-0.15, -0.1) is 11.6 Å². The first-order valence-electron chi connectivity index (χ1n) is 8.87. The standard InChI is InChI=1S/C19H27ClN2O3/c1-14(2)22(18(23)12-20)17-11-7-6-10-16(17)21-19(24)25-13-15-8-4-3-5-9-15/h3-5,8-9,14,16-17H,6-7,10-13H2,1-2H3,(H,21,24)/t16-,17+/m0/s1. The largest absolute Gasteiger partial charge is 0.445 e. The van der Waals surface area contributed by atoms with Gasteiger partial charge in [0.05, 0.1) is 12.1 Å². The molecular formula is C19H27ClN2O3. The summed E-state index contributed by atoms with van der Waals surface area (Å²) in [4.78, 5) is 26.3. The van der Waals surface area contributed by atoms with E-state index in [1.165, 1.54) is 0 Å². The van der Waals surface area contributed by atoms with Crippen LogP contribution in [0.2, 0.25) is 0 Å². The second kappa shape index (κ2) is 9.66. The molecule has 0 aliphatic heterocycles. The Hall–Kier alpha value is -1.75. The number of halogens is 1. The second-order valence-electron chi connectivity index (χ2n) is 6.69. The van der Waals surface area contributed by atoms with Gasteiger partial charge < -0.3 is 15.0 Å². The third kappa shape index (κ3) is 5.63. The lowest BCUT2D eigenvalue weighted by atomic mass is 9.88. The topological polar surface area (TPSA) is 58.6 Å². The van der Waals surface area contributed by atoms with E-state index >= 15 is 0 Å². The first-order valence-corrected chi connectivity index (χ1v) is 9.40. The van der Waals surface area contributed by atoms with Crippen molar-refractivity contribution in [2.75, 3.05) is 5.88 Å². The van der Waals surface area contributed by atoms with Crippen LogP contribution in [0.3, 0.4) is 0 Å². The molecule has 0 heterocycles. The van der Waals surface area contributed by atoms with Crippen molar-refractivity contribution >= 4 is 23.6 Å². The van der Waals surface area contributed by atoms with Crippen LogP contribution in [0.25, 0.3) is 0 Å². The average Bonchev–Trinajstić information content (AvgIpc) is 2.62. The summed E-state index contributed by atoms with van der Waals surface area (Å²) in [5.74, 6) is -0.132. The molecule has 0 saturated heterocycles. The maximum Gasteiger partial charge on any atom is 0.407 e. The fourth-order valence-electron chi connectivity index (χ4n) is 3.45. The first-order chi connectivity index (χ1) is 12.0. The van der Waals surface area contributed by atoms with Crippen LogP contribution in [0.15, 0.2) is 30.3 Å². The lowest BCUT2D eigenvalue weighted by Crippen LogP contribution is -2.57. The Morgan fingerprint density at radius 1 is 1.24 bits per heavy atom. The zero-order valence-corrected chi connectivity index (χ0v) is 15.7. The van der Waals surface area contributed by atoms with Gasteiger partial charge in [0, 0.05) is 6.04 Å². The zero-order chi connectivity index (χ0) is 18.2. The molecule has 5 nitrogen and oxygen atoms in total. The summed E-state index contributed by atoms with van der Waals surface area (Å²) < 4.78 is 5.33. The van der Waals surface area contributed by atoms with Crippen LogP contribution >= 0.6 is 11.6 Å². The van der Waals surface area contributed by atoms with Crippen molar-refractivity contribution in [3.8, 4) is 0 Å². The molecule has 6 heteroatoms. The Kier molecular flexibility index (Phi) is 7.56. The van der Waals surface area contributed by atoms with Gasteiger partial charge in [-0.3, -0.25) is 4.79 Å². The summed E-state index contributed by atoms with van der Waals surface area (Å²) in [6, 6.07) is 9.46. The molecule has 2 amide bonds. The summed E-state index contributed by atoms with van der Waals surface area (Å²) in [6.07, 6.45) is 3.33. The number of carbonyl (C=O) groups excluding carboxylic acids is 2. The predicted octanol–water partition coefficient (Wildman–Crippen LogP) is 3.70. The van der Waals surface area contributed by atoms with Crippen LogP contribution in [0, 0.1) is 0 Å². The van der Waals surface area contributed by atoms with Crippen molar-refractivity contribution in [2.24, 2.45) is 0 Å². The van der Waals surface area contributed by atoms with Crippen molar-refractivity contribution in [3.63, 3.8) is 0 Å². The smallest absolute Gasteiger partial charge is 0.407 e. The molecule has 1 aromatic rings. The Morgan fingerprint density at radius 2 is 1.92 bits per heavy atom. The van der Waals surface area contributed by atoms with E-state index in [1.54, 1.807) is 0 Å². The number of carbonyl (C=O) groups is 2. The van der Waals surface area contributed by atoms with Crippen molar-refractivity contribution < 1.29 is 14.3 Å². The fraction of sp³-hybridized carbons (Fsp3) is 0.579. The molecule has 0 aromatic heterocycles. The highest BCUT2D eigenvalue weighted by Crippen LogP contribution is 2.25. The number of hydrogen-bond acceptors (Lipinski definition) is 3. The molecule has 2 atom stereocenters. The molecule has 1 saturated carbocycles.